The minimum atomic E-state index is -0.555. The van der Waals surface area contributed by atoms with Crippen LogP contribution >= 0.6 is 11.6 Å². The van der Waals surface area contributed by atoms with Crippen LogP contribution in [-0.4, -0.2) is 28.0 Å². The first-order valence-electron chi connectivity index (χ1n) is 7.97. The van der Waals surface area contributed by atoms with Crippen LogP contribution in [0.3, 0.4) is 0 Å². The highest BCUT2D eigenvalue weighted by atomic mass is 35.5. The molecule has 25 heavy (non-hydrogen) atoms. The third-order valence-corrected chi connectivity index (χ3v) is 4.31. The third-order valence-electron chi connectivity index (χ3n) is 3.97. The van der Waals surface area contributed by atoms with Gasteiger partial charge in [0.2, 0.25) is 0 Å². The molecule has 0 saturated carbocycles. The molecule has 130 valence electrons. The first-order chi connectivity index (χ1) is 12.0. The van der Waals surface area contributed by atoms with Crippen molar-refractivity contribution in [2.45, 2.75) is 19.9 Å². The van der Waals surface area contributed by atoms with E-state index in [0.717, 1.165) is 5.56 Å². The summed E-state index contributed by atoms with van der Waals surface area (Å²) in [7, 11) is 1.89. The van der Waals surface area contributed by atoms with E-state index in [-0.39, 0.29) is 0 Å². The van der Waals surface area contributed by atoms with E-state index in [1.54, 1.807) is 19.2 Å². The number of hydrogen-bond donors (Lipinski definition) is 1. The van der Waals surface area contributed by atoms with Crippen LogP contribution in [-0.2, 0) is 16.6 Å². The Morgan fingerprint density at radius 2 is 2.16 bits per heavy atom. The molecule has 0 unspecified atom stereocenters. The van der Waals surface area contributed by atoms with E-state index in [0.29, 0.717) is 34.6 Å². The second-order valence-corrected chi connectivity index (χ2v) is 6.05. The van der Waals surface area contributed by atoms with Gasteiger partial charge in [0.1, 0.15) is 6.04 Å². The van der Waals surface area contributed by atoms with Crippen LogP contribution in [0.2, 0.25) is 5.02 Å². The molecule has 0 bridgehead atoms. The van der Waals surface area contributed by atoms with Gasteiger partial charge in [-0.15, -0.1) is 0 Å². The van der Waals surface area contributed by atoms with Crippen molar-refractivity contribution >= 4 is 23.4 Å². The minimum absolute atomic E-state index is 0.292. The lowest BCUT2D eigenvalue weighted by Crippen LogP contribution is -2.34. The molecule has 2 aromatic rings. The molecule has 0 spiro atoms. The summed E-state index contributed by atoms with van der Waals surface area (Å²) < 4.78 is 7.08. The molecular weight excluding hydrogens is 340 g/mol. The Bertz CT molecular complexity index is 869. The maximum absolute atomic E-state index is 12.5. The fourth-order valence-electron chi connectivity index (χ4n) is 2.78. The van der Waals surface area contributed by atoms with E-state index < -0.39 is 12.0 Å². The van der Waals surface area contributed by atoms with E-state index in [1.165, 1.54) is 0 Å². The molecule has 0 fully saturated rings. The lowest BCUT2D eigenvalue weighted by atomic mass is 9.96. The largest absolute Gasteiger partial charge is 0.463 e. The van der Waals surface area contributed by atoms with Crippen molar-refractivity contribution in [2.75, 3.05) is 6.61 Å². The summed E-state index contributed by atoms with van der Waals surface area (Å²) in [6.07, 6.45) is 3.54. The molecular formula is C18H19ClN4O2. The van der Waals surface area contributed by atoms with Gasteiger partial charge in [0, 0.05) is 35.7 Å². The number of halogens is 1. The lowest BCUT2D eigenvalue weighted by Gasteiger charge is -2.26. The average molecular weight is 359 g/mol. The number of carbonyl (C=O) groups excluding carboxylic acids is 1. The van der Waals surface area contributed by atoms with E-state index >= 15 is 0 Å². The molecule has 1 N–H and O–H groups in total. The summed E-state index contributed by atoms with van der Waals surface area (Å²) in [5.41, 5.74) is 1.88. The second kappa shape index (κ2) is 7.11. The van der Waals surface area contributed by atoms with E-state index in [9.17, 15) is 4.79 Å². The number of benzene rings is 1. The van der Waals surface area contributed by atoms with Crippen LogP contribution in [0.15, 0.2) is 52.9 Å². The fourth-order valence-corrected chi connectivity index (χ4v) is 3.02. The van der Waals surface area contributed by atoms with Crippen LogP contribution < -0.4 is 5.32 Å². The number of esters is 1. The number of carbonyl (C=O) groups is 1. The Labute approximate surface area is 151 Å². The summed E-state index contributed by atoms with van der Waals surface area (Å²) in [6, 6.07) is 6.81. The second-order valence-electron chi connectivity index (χ2n) is 5.65. The van der Waals surface area contributed by atoms with Crippen molar-refractivity contribution in [1.29, 1.82) is 0 Å². The molecule has 1 aliphatic rings. The first-order valence-corrected chi connectivity index (χ1v) is 8.35. The van der Waals surface area contributed by atoms with Crippen LogP contribution in [0, 0.1) is 0 Å². The zero-order valence-corrected chi connectivity index (χ0v) is 15.0. The van der Waals surface area contributed by atoms with Gasteiger partial charge >= 0.3 is 5.97 Å². The lowest BCUT2D eigenvalue weighted by molar-refractivity contribution is -0.138. The van der Waals surface area contributed by atoms with Crippen molar-refractivity contribution in [1.82, 2.24) is 14.9 Å². The Hall–Kier alpha value is -2.60. The number of rotatable bonds is 4. The van der Waals surface area contributed by atoms with Crippen LogP contribution in [0.4, 0.5) is 0 Å². The molecule has 0 saturated heterocycles. The smallest absolute Gasteiger partial charge is 0.338 e. The van der Waals surface area contributed by atoms with Gasteiger partial charge in [-0.25, -0.2) is 9.78 Å². The molecule has 0 radical (unpaired) electrons. The topological polar surface area (TPSA) is 68.5 Å². The van der Waals surface area contributed by atoms with Gasteiger partial charge in [-0.1, -0.05) is 29.8 Å². The Morgan fingerprint density at radius 1 is 1.40 bits per heavy atom. The summed E-state index contributed by atoms with van der Waals surface area (Å²) in [5, 5.41) is 3.72. The number of aliphatic imine (C=N–C) groups is 1. The summed E-state index contributed by atoms with van der Waals surface area (Å²) in [4.78, 5) is 21.6. The number of hydrogen-bond acceptors (Lipinski definition) is 5. The standard InChI is InChI=1S/C18H19ClN4O2/c1-4-25-18(24)14-11(2)21-16(17-20-9-10-23(17)3)22-15(14)12-7-5-6-8-13(12)19/h5-10,15H,4H2,1-3H3,(H,21,22)/t15-/m1/s1. The normalized spacial score (nSPS) is 17.1. The van der Waals surface area contributed by atoms with Gasteiger partial charge in [-0.3, -0.25) is 4.99 Å². The van der Waals surface area contributed by atoms with Crippen molar-refractivity contribution in [3.8, 4) is 0 Å². The highest BCUT2D eigenvalue weighted by Crippen LogP contribution is 2.35. The number of nitrogens with one attached hydrogen (secondary N) is 1. The number of allylic oxidation sites excluding steroid dienone is 1. The summed E-state index contributed by atoms with van der Waals surface area (Å²) in [6.45, 7) is 3.89. The van der Waals surface area contributed by atoms with E-state index in [4.69, 9.17) is 21.3 Å². The van der Waals surface area contributed by atoms with E-state index in [1.807, 2.05) is 42.9 Å². The average Bonchev–Trinajstić information content (AvgIpc) is 3.00. The van der Waals surface area contributed by atoms with Crippen molar-refractivity contribution in [3.63, 3.8) is 0 Å². The van der Waals surface area contributed by atoms with Crippen molar-refractivity contribution in [3.05, 3.63) is 64.3 Å². The number of amidine groups is 1. The van der Waals surface area contributed by atoms with Crippen molar-refractivity contribution < 1.29 is 9.53 Å². The molecule has 0 amide bonds. The zero-order chi connectivity index (χ0) is 18.0. The maximum atomic E-state index is 12.5. The number of aryl methyl sites for hydroxylation is 1. The molecule has 1 atom stereocenters. The fraction of sp³-hybridized carbons (Fsp3) is 0.278. The monoisotopic (exact) mass is 358 g/mol. The zero-order valence-electron chi connectivity index (χ0n) is 14.3. The molecule has 1 aliphatic heterocycles. The van der Waals surface area contributed by atoms with Gasteiger partial charge in [0.05, 0.1) is 12.2 Å². The summed E-state index contributed by atoms with van der Waals surface area (Å²) >= 11 is 6.37. The minimum Gasteiger partial charge on any atom is -0.463 e. The van der Waals surface area contributed by atoms with Gasteiger partial charge in [-0.05, 0) is 19.9 Å². The molecule has 1 aromatic carbocycles. The number of imidazole rings is 1. The Balaban J connectivity index is 2.12. The number of nitrogens with zero attached hydrogens (tertiary/aromatic N) is 3. The molecule has 0 aliphatic carbocycles. The SMILES string of the molecule is CCOC(=O)C1=C(C)NC(c2nccn2C)=N[C@@H]1c1ccccc1Cl. The maximum Gasteiger partial charge on any atom is 0.338 e. The molecule has 1 aromatic heterocycles. The highest BCUT2D eigenvalue weighted by molar-refractivity contribution is 6.31. The van der Waals surface area contributed by atoms with Gasteiger partial charge in [0.25, 0.3) is 0 Å². The first kappa shape index (κ1) is 17.2. The Kier molecular flexibility index (Phi) is 4.90. The number of aromatic nitrogens is 2. The molecule has 3 rings (SSSR count). The van der Waals surface area contributed by atoms with Crippen LogP contribution in [0.25, 0.3) is 0 Å². The van der Waals surface area contributed by atoms with Gasteiger partial charge in [0.15, 0.2) is 11.7 Å². The van der Waals surface area contributed by atoms with Crippen molar-refractivity contribution in [2.24, 2.45) is 12.0 Å². The molecule has 7 heteroatoms. The van der Waals surface area contributed by atoms with Crippen LogP contribution in [0.5, 0.6) is 0 Å². The Morgan fingerprint density at radius 3 is 2.80 bits per heavy atom. The predicted molar refractivity (Wildman–Crippen MR) is 96.4 cm³/mol. The predicted octanol–water partition coefficient (Wildman–Crippen LogP) is 3.00. The van der Waals surface area contributed by atoms with Crippen LogP contribution in [0.1, 0.15) is 31.3 Å². The van der Waals surface area contributed by atoms with E-state index in [2.05, 4.69) is 10.3 Å². The highest BCUT2D eigenvalue weighted by Gasteiger charge is 2.32. The number of ether oxygens (including phenoxy) is 1. The summed E-state index contributed by atoms with van der Waals surface area (Å²) in [5.74, 6) is 0.863. The molecule has 6 nitrogen and oxygen atoms in total. The van der Waals surface area contributed by atoms with Gasteiger partial charge in [-0.2, -0.15) is 0 Å². The third kappa shape index (κ3) is 3.30. The molecule has 2 heterocycles. The quantitative estimate of drug-likeness (QED) is 0.853. The van der Waals surface area contributed by atoms with Gasteiger partial charge < -0.3 is 14.6 Å².